The molecule has 0 spiro atoms. The summed E-state index contributed by atoms with van der Waals surface area (Å²) < 4.78 is 0. The van der Waals surface area contributed by atoms with Crippen molar-refractivity contribution in [1.82, 2.24) is 5.32 Å². The lowest BCUT2D eigenvalue weighted by molar-refractivity contribution is 0.0954. The number of nitrogen functional groups attached to an aromatic ring is 2. The molecule has 15 heavy (non-hydrogen) atoms. The van der Waals surface area contributed by atoms with Gasteiger partial charge in [0.25, 0.3) is 5.91 Å². The lowest BCUT2D eigenvalue weighted by Gasteiger charge is -2.05. The van der Waals surface area contributed by atoms with Crippen LogP contribution in [0.3, 0.4) is 0 Å². The fourth-order valence-corrected chi connectivity index (χ4v) is 1.16. The largest absolute Gasteiger partial charge is 0.399 e. The highest BCUT2D eigenvalue weighted by Gasteiger charge is 2.05. The second-order valence-electron chi connectivity index (χ2n) is 3.10. The van der Waals surface area contributed by atoms with Crippen molar-refractivity contribution in [2.45, 2.75) is 6.42 Å². The third-order valence-corrected chi connectivity index (χ3v) is 1.79. The van der Waals surface area contributed by atoms with Gasteiger partial charge in [-0.1, -0.05) is 0 Å². The summed E-state index contributed by atoms with van der Waals surface area (Å²) in [7, 11) is 0. The molecule has 5 N–H and O–H groups in total. The van der Waals surface area contributed by atoms with E-state index in [1.165, 1.54) is 0 Å². The number of nitrogens with one attached hydrogen (secondary N) is 1. The molecule has 1 aromatic carbocycles. The van der Waals surface area contributed by atoms with E-state index in [0.717, 1.165) is 0 Å². The van der Waals surface area contributed by atoms with Gasteiger partial charge in [0, 0.05) is 29.9 Å². The van der Waals surface area contributed by atoms with Crippen LogP contribution in [-0.2, 0) is 0 Å². The lowest BCUT2D eigenvalue weighted by atomic mass is 10.1. The fraction of sp³-hybridized carbons (Fsp3) is 0.182. The molecule has 0 aromatic heterocycles. The third kappa shape index (κ3) is 3.24. The molecule has 4 heteroatoms. The summed E-state index contributed by atoms with van der Waals surface area (Å²) in [5.41, 5.74) is 12.5. The Balaban J connectivity index is 2.70. The number of hydrogen-bond acceptors (Lipinski definition) is 3. The van der Waals surface area contributed by atoms with Crippen LogP contribution in [0.2, 0.25) is 0 Å². The van der Waals surface area contributed by atoms with Crippen molar-refractivity contribution >= 4 is 17.3 Å². The molecule has 1 rings (SSSR count). The first-order valence-corrected chi connectivity index (χ1v) is 4.51. The Labute approximate surface area is 88.6 Å². The van der Waals surface area contributed by atoms with E-state index in [-0.39, 0.29) is 5.91 Å². The Hall–Kier alpha value is -2.15. The highest BCUT2D eigenvalue weighted by atomic mass is 16.1. The van der Waals surface area contributed by atoms with Crippen molar-refractivity contribution < 1.29 is 4.79 Å². The van der Waals surface area contributed by atoms with Crippen molar-refractivity contribution in [1.29, 1.82) is 0 Å². The van der Waals surface area contributed by atoms with Gasteiger partial charge >= 0.3 is 0 Å². The molecule has 0 atom stereocenters. The van der Waals surface area contributed by atoms with Crippen LogP contribution < -0.4 is 16.8 Å². The Bertz CT molecular complexity index is 387. The number of anilines is 2. The van der Waals surface area contributed by atoms with E-state index in [1.807, 2.05) is 0 Å². The van der Waals surface area contributed by atoms with Crippen LogP contribution in [0.4, 0.5) is 11.4 Å². The van der Waals surface area contributed by atoms with E-state index in [1.54, 1.807) is 18.2 Å². The molecule has 0 aliphatic carbocycles. The Morgan fingerprint density at radius 2 is 1.93 bits per heavy atom. The quantitative estimate of drug-likeness (QED) is 0.382. The molecule has 0 aliphatic rings. The smallest absolute Gasteiger partial charge is 0.251 e. The molecule has 0 unspecified atom stereocenters. The first kappa shape index (κ1) is 10.9. The zero-order chi connectivity index (χ0) is 11.3. The predicted molar refractivity (Wildman–Crippen MR) is 61.1 cm³/mol. The third-order valence-electron chi connectivity index (χ3n) is 1.79. The van der Waals surface area contributed by atoms with Crippen molar-refractivity contribution in [3.05, 3.63) is 23.8 Å². The van der Waals surface area contributed by atoms with E-state index in [4.69, 9.17) is 17.9 Å². The normalized spacial score (nSPS) is 9.27. The summed E-state index contributed by atoms with van der Waals surface area (Å²) in [6.07, 6.45) is 5.56. The molecule has 0 aliphatic heterocycles. The van der Waals surface area contributed by atoms with Crippen molar-refractivity contribution in [2.24, 2.45) is 0 Å². The molecule has 0 heterocycles. The van der Waals surface area contributed by atoms with E-state index < -0.39 is 0 Å². The second-order valence-corrected chi connectivity index (χ2v) is 3.10. The summed E-state index contributed by atoms with van der Waals surface area (Å²) in [6, 6.07) is 4.74. The molecule has 1 aromatic rings. The van der Waals surface area contributed by atoms with Gasteiger partial charge in [-0.25, -0.2) is 0 Å². The molecule has 0 bridgehead atoms. The minimum absolute atomic E-state index is 0.218. The summed E-state index contributed by atoms with van der Waals surface area (Å²) in [6.45, 7) is 0.448. The Morgan fingerprint density at radius 1 is 1.33 bits per heavy atom. The number of rotatable bonds is 3. The van der Waals surface area contributed by atoms with Crippen molar-refractivity contribution in [2.75, 3.05) is 18.0 Å². The van der Waals surface area contributed by atoms with E-state index in [2.05, 4.69) is 11.2 Å². The standard InChI is InChI=1S/C11H13N3O/c1-2-3-4-14-11(15)8-5-9(12)7-10(13)6-8/h1,5-7H,3-4,12-13H2,(H,14,15). The van der Waals surface area contributed by atoms with Gasteiger partial charge < -0.3 is 16.8 Å². The Kier molecular flexibility index (Phi) is 3.58. The number of benzene rings is 1. The van der Waals surface area contributed by atoms with E-state index in [9.17, 15) is 4.79 Å². The molecule has 0 fully saturated rings. The Morgan fingerprint density at radius 3 is 2.47 bits per heavy atom. The van der Waals surface area contributed by atoms with E-state index in [0.29, 0.717) is 29.9 Å². The van der Waals surface area contributed by atoms with Gasteiger partial charge in [-0.15, -0.1) is 12.3 Å². The minimum atomic E-state index is -0.218. The topological polar surface area (TPSA) is 81.1 Å². The number of carbonyl (C=O) groups excluding carboxylic acids is 1. The van der Waals surface area contributed by atoms with Crippen LogP contribution >= 0.6 is 0 Å². The first-order valence-electron chi connectivity index (χ1n) is 4.51. The van der Waals surface area contributed by atoms with Crippen molar-refractivity contribution in [3.63, 3.8) is 0 Å². The SMILES string of the molecule is C#CCCNC(=O)c1cc(N)cc(N)c1. The van der Waals surface area contributed by atoms with Crippen LogP contribution in [0.25, 0.3) is 0 Å². The number of carbonyl (C=O) groups is 1. The summed E-state index contributed by atoms with van der Waals surface area (Å²) in [4.78, 5) is 11.5. The molecule has 1 amide bonds. The van der Waals surface area contributed by atoms with Gasteiger partial charge in [-0.05, 0) is 18.2 Å². The molecule has 0 saturated carbocycles. The fourth-order valence-electron chi connectivity index (χ4n) is 1.16. The van der Waals surface area contributed by atoms with Crippen LogP contribution in [0.1, 0.15) is 16.8 Å². The number of hydrogen-bond donors (Lipinski definition) is 3. The molecule has 4 nitrogen and oxygen atoms in total. The zero-order valence-electron chi connectivity index (χ0n) is 8.29. The van der Waals surface area contributed by atoms with Gasteiger partial charge in [-0.2, -0.15) is 0 Å². The monoisotopic (exact) mass is 203 g/mol. The number of amides is 1. The van der Waals surface area contributed by atoms with Crippen LogP contribution in [0.15, 0.2) is 18.2 Å². The highest BCUT2D eigenvalue weighted by Crippen LogP contribution is 2.13. The molecular formula is C11H13N3O. The maximum atomic E-state index is 11.5. The molecule has 78 valence electrons. The van der Waals surface area contributed by atoms with Gasteiger partial charge in [0.1, 0.15) is 0 Å². The average molecular weight is 203 g/mol. The van der Waals surface area contributed by atoms with Gasteiger partial charge in [-0.3, -0.25) is 4.79 Å². The van der Waals surface area contributed by atoms with Crippen LogP contribution in [0.5, 0.6) is 0 Å². The van der Waals surface area contributed by atoms with Crippen molar-refractivity contribution in [3.8, 4) is 12.3 Å². The predicted octanol–water partition coefficient (Wildman–Crippen LogP) is 0.604. The lowest BCUT2D eigenvalue weighted by Crippen LogP contribution is -2.24. The van der Waals surface area contributed by atoms with Crippen LogP contribution in [0, 0.1) is 12.3 Å². The first-order chi connectivity index (χ1) is 7.13. The summed E-state index contributed by atoms with van der Waals surface area (Å²) in [5.74, 6) is 2.21. The number of terminal acetylenes is 1. The summed E-state index contributed by atoms with van der Waals surface area (Å²) >= 11 is 0. The maximum absolute atomic E-state index is 11.5. The second kappa shape index (κ2) is 4.91. The van der Waals surface area contributed by atoms with Gasteiger partial charge in [0.2, 0.25) is 0 Å². The number of nitrogens with two attached hydrogens (primary N) is 2. The van der Waals surface area contributed by atoms with Gasteiger partial charge in [0.15, 0.2) is 0 Å². The molecule has 0 saturated heterocycles. The van der Waals surface area contributed by atoms with Crippen LogP contribution in [-0.4, -0.2) is 12.5 Å². The summed E-state index contributed by atoms with van der Waals surface area (Å²) in [5, 5.41) is 2.66. The maximum Gasteiger partial charge on any atom is 0.251 e. The zero-order valence-corrected chi connectivity index (χ0v) is 8.29. The average Bonchev–Trinajstić information content (AvgIpc) is 2.16. The van der Waals surface area contributed by atoms with E-state index >= 15 is 0 Å². The molecular weight excluding hydrogens is 190 g/mol. The highest BCUT2D eigenvalue weighted by molar-refractivity contribution is 5.96. The molecule has 0 radical (unpaired) electrons. The minimum Gasteiger partial charge on any atom is -0.399 e. The van der Waals surface area contributed by atoms with Gasteiger partial charge in [0.05, 0.1) is 0 Å².